The normalized spacial score (nSPS) is 10.2. The molecule has 0 fully saturated rings. The van der Waals surface area contributed by atoms with Crippen LogP contribution in [0.4, 0.5) is 5.69 Å². The maximum absolute atomic E-state index is 12.1. The van der Waals surface area contributed by atoms with Gasteiger partial charge in [-0.1, -0.05) is 29.8 Å². The number of benzene rings is 2. The Balaban J connectivity index is 2.27. The van der Waals surface area contributed by atoms with Crippen LogP contribution in [0.2, 0.25) is 5.02 Å². The minimum Gasteiger partial charge on any atom is -0.322 e. The largest absolute Gasteiger partial charge is 0.322 e. The predicted octanol–water partition coefficient (Wildman–Crippen LogP) is 4.66. The van der Waals surface area contributed by atoms with E-state index in [2.05, 4.69) is 21.2 Å². The predicted molar refractivity (Wildman–Crippen MR) is 78.3 cm³/mol. The molecule has 0 atom stereocenters. The van der Waals surface area contributed by atoms with Gasteiger partial charge >= 0.3 is 0 Å². The molecule has 0 radical (unpaired) electrons. The summed E-state index contributed by atoms with van der Waals surface area (Å²) in [5.74, 6) is -0.159. The highest BCUT2D eigenvalue weighted by molar-refractivity contribution is 9.10. The molecule has 2 aromatic carbocycles. The first-order chi connectivity index (χ1) is 8.59. The molecule has 0 bridgehead atoms. The summed E-state index contributed by atoms with van der Waals surface area (Å²) in [6.45, 7) is 1.87. The number of anilines is 1. The third-order valence-corrected chi connectivity index (χ3v) is 3.74. The fraction of sp³-hybridized carbons (Fsp3) is 0.0714. The van der Waals surface area contributed by atoms with Gasteiger partial charge in [-0.05, 0) is 52.7 Å². The molecule has 0 aliphatic heterocycles. The molecule has 18 heavy (non-hydrogen) atoms. The van der Waals surface area contributed by atoms with Crippen LogP contribution in [0.15, 0.2) is 46.9 Å². The highest BCUT2D eigenvalue weighted by Crippen LogP contribution is 2.24. The molecular formula is C14H11BrClNO. The maximum Gasteiger partial charge on any atom is 0.256 e. The minimum atomic E-state index is -0.159. The Hall–Kier alpha value is -1.32. The Kier molecular flexibility index (Phi) is 4.04. The van der Waals surface area contributed by atoms with Gasteiger partial charge in [0.05, 0.1) is 5.56 Å². The smallest absolute Gasteiger partial charge is 0.256 e. The molecule has 2 aromatic rings. The van der Waals surface area contributed by atoms with Crippen LogP contribution < -0.4 is 5.32 Å². The zero-order chi connectivity index (χ0) is 13.1. The third kappa shape index (κ3) is 2.74. The van der Waals surface area contributed by atoms with Gasteiger partial charge in [0.1, 0.15) is 0 Å². The number of halogens is 2. The summed E-state index contributed by atoms with van der Waals surface area (Å²) >= 11 is 9.37. The minimum absolute atomic E-state index is 0.159. The Labute approximate surface area is 119 Å². The average Bonchev–Trinajstić information content (AvgIpc) is 2.35. The van der Waals surface area contributed by atoms with Gasteiger partial charge in [-0.15, -0.1) is 0 Å². The van der Waals surface area contributed by atoms with Crippen molar-refractivity contribution in [1.29, 1.82) is 0 Å². The van der Waals surface area contributed by atoms with Gasteiger partial charge < -0.3 is 5.32 Å². The highest BCUT2D eigenvalue weighted by atomic mass is 79.9. The van der Waals surface area contributed by atoms with E-state index in [0.29, 0.717) is 10.6 Å². The molecule has 0 saturated carbocycles. The van der Waals surface area contributed by atoms with Crippen molar-refractivity contribution in [2.45, 2.75) is 6.92 Å². The van der Waals surface area contributed by atoms with E-state index in [1.54, 1.807) is 12.1 Å². The van der Waals surface area contributed by atoms with Crippen LogP contribution in [0.3, 0.4) is 0 Å². The fourth-order valence-corrected chi connectivity index (χ4v) is 2.22. The quantitative estimate of drug-likeness (QED) is 0.855. The zero-order valence-corrected chi connectivity index (χ0v) is 12.0. The molecule has 0 aliphatic carbocycles. The number of rotatable bonds is 2. The summed E-state index contributed by atoms with van der Waals surface area (Å²) in [6.07, 6.45) is 0. The Morgan fingerprint density at radius 3 is 2.61 bits per heavy atom. The van der Waals surface area contributed by atoms with Gasteiger partial charge in [0.25, 0.3) is 5.91 Å². The summed E-state index contributed by atoms with van der Waals surface area (Å²) < 4.78 is 0.766. The van der Waals surface area contributed by atoms with Crippen LogP contribution in [0.5, 0.6) is 0 Å². The van der Waals surface area contributed by atoms with Gasteiger partial charge in [-0.2, -0.15) is 0 Å². The Morgan fingerprint density at radius 2 is 1.89 bits per heavy atom. The van der Waals surface area contributed by atoms with E-state index in [1.807, 2.05) is 37.3 Å². The van der Waals surface area contributed by atoms with E-state index in [-0.39, 0.29) is 5.91 Å². The van der Waals surface area contributed by atoms with E-state index >= 15 is 0 Å². The van der Waals surface area contributed by atoms with Crippen LogP contribution in [0.1, 0.15) is 15.9 Å². The van der Waals surface area contributed by atoms with Gasteiger partial charge in [-0.3, -0.25) is 4.79 Å². The van der Waals surface area contributed by atoms with Crippen molar-refractivity contribution in [1.82, 2.24) is 0 Å². The summed E-state index contributed by atoms with van der Waals surface area (Å²) in [6, 6.07) is 12.7. The lowest BCUT2D eigenvalue weighted by molar-refractivity contribution is 0.102. The highest BCUT2D eigenvalue weighted by Gasteiger charge is 2.11. The van der Waals surface area contributed by atoms with Crippen molar-refractivity contribution < 1.29 is 4.79 Å². The lowest BCUT2D eigenvalue weighted by Crippen LogP contribution is -2.13. The van der Waals surface area contributed by atoms with Crippen molar-refractivity contribution in [3.05, 3.63) is 63.1 Å². The van der Waals surface area contributed by atoms with Crippen LogP contribution >= 0.6 is 27.5 Å². The van der Waals surface area contributed by atoms with E-state index in [0.717, 1.165) is 15.7 Å². The number of nitrogens with one attached hydrogen (secondary N) is 1. The molecule has 0 spiro atoms. The number of carbonyl (C=O) groups excluding carboxylic acids is 1. The number of carbonyl (C=O) groups is 1. The summed E-state index contributed by atoms with van der Waals surface area (Å²) in [5.41, 5.74) is 2.18. The molecule has 0 unspecified atom stereocenters. The van der Waals surface area contributed by atoms with E-state index in [4.69, 9.17) is 11.6 Å². The van der Waals surface area contributed by atoms with Crippen molar-refractivity contribution in [3.63, 3.8) is 0 Å². The SMILES string of the molecule is Cc1c(Cl)cccc1NC(=O)c1ccccc1Br. The fourth-order valence-electron chi connectivity index (χ4n) is 1.58. The van der Waals surface area contributed by atoms with Crippen LogP contribution in [-0.4, -0.2) is 5.91 Å². The molecule has 2 nitrogen and oxygen atoms in total. The maximum atomic E-state index is 12.1. The standard InChI is InChI=1S/C14H11BrClNO/c1-9-12(16)7-4-8-13(9)17-14(18)10-5-2-3-6-11(10)15/h2-8H,1H3,(H,17,18). The number of amides is 1. The lowest BCUT2D eigenvalue weighted by Gasteiger charge is -2.10. The first-order valence-corrected chi connectivity index (χ1v) is 6.57. The van der Waals surface area contributed by atoms with Crippen LogP contribution in [0.25, 0.3) is 0 Å². The average molecular weight is 325 g/mol. The first kappa shape index (κ1) is 13.1. The molecule has 0 heterocycles. The molecule has 2 rings (SSSR count). The Morgan fingerprint density at radius 1 is 1.17 bits per heavy atom. The van der Waals surface area contributed by atoms with Crippen LogP contribution in [0, 0.1) is 6.92 Å². The van der Waals surface area contributed by atoms with Crippen molar-refractivity contribution >= 4 is 39.1 Å². The second kappa shape index (κ2) is 5.55. The van der Waals surface area contributed by atoms with E-state index in [1.165, 1.54) is 0 Å². The molecular weight excluding hydrogens is 314 g/mol. The first-order valence-electron chi connectivity index (χ1n) is 5.40. The second-order valence-electron chi connectivity index (χ2n) is 3.85. The molecule has 0 aromatic heterocycles. The molecule has 4 heteroatoms. The summed E-state index contributed by atoms with van der Waals surface area (Å²) in [7, 11) is 0. The third-order valence-electron chi connectivity index (χ3n) is 2.63. The topological polar surface area (TPSA) is 29.1 Å². The van der Waals surface area contributed by atoms with E-state index < -0.39 is 0 Å². The Bertz CT molecular complexity index is 598. The number of hydrogen-bond acceptors (Lipinski definition) is 1. The summed E-state index contributed by atoms with van der Waals surface area (Å²) in [5, 5.41) is 3.49. The van der Waals surface area contributed by atoms with E-state index in [9.17, 15) is 4.79 Å². The van der Waals surface area contributed by atoms with Crippen LogP contribution in [-0.2, 0) is 0 Å². The van der Waals surface area contributed by atoms with Crippen molar-refractivity contribution in [3.8, 4) is 0 Å². The summed E-state index contributed by atoms with van der Waals surface area (Å²) in [4.78, 5) is 12.1. The van der Waals surface area contributed by atoms with Gasteiger partial charge in [-0.25, -0.2) is 0 Å². The van der Waals surface area contributed by atoms with Gasteiger partial charge in [0, 0.05) is 15.2 Å². The lowest BCUT2D eigenvalue weighted by atomic mass is 10.1. The molecule has 0 saturated heterocycles. The molecule has 0 aliphatic rings. The monoisotopic (exact) mass is 323 g/mol. The van der Waals surface area contributed by atoms with Crippen molar-refractivity contribution in [2.24, 2.45) is 0 Å². The molecule has 92 valence electrons. The van der Waals surface area contributed by atoms with Gasteiger partial charge in [0.2, 0.25) is 0 Å². The second-order valence-corrected chi connectivity index (χ2v) is 5.11. The molecule has 1 amide bonds. The molecule has 1 N–H and O–H groups in total. The van der Waals surface area contributed by atoms with Gasteiger partial charge in [0.15, 0.2) is 0 Å². The van der Waals surface area contributed by atoms with Crippen molar-refractivity contribution in [2.75, 3.05) is 5.32 Å². The number of hydrogen-bond donors (Lipinski definition) is 1. The zero-order valence-electron chi connectivity index (χ0n) is 9.71.